The first-order chi connectivity index (χ1) is 10.3. The first kappa shape index (κ1) is 18.6. The van der Waals surface area contributed by atoms with Gasteiger partial charge in [0.15, 0.2) is 0 Å². The summed E-state index contributed by atoms with van der Waals surface area (Å²) in [6, 6.07) is 4.18. The number of ether oxygens (including phenoxy) is 1. The Morgan fingerprint density at radius 2 is 2.05 bits per heavy atom. The molecule has 0 heterocycles. The second kappa shape index (κ2) is 8.26. The van der Waals surface area contributed by atoms with Crippen LogP contribution in [0.1, 0.15) is 36.2 Å². The highest BCUT2D eigenvalue weighted by Gasteiger charge is 2.20. The fourth-order valence-electron chi connectivity index (χ4n) is 1.96. The maximum absolute atomic E-state index is 12.3. The number of sulfonamides is 1. The highest BCUT2D eigenvalue weighted by Crippen LogP contribution is 2.16. The van der Waals surface area contributed by atoms with Gasteiger partial charge in [0, 0.05) is 25.3 Å². The van der Waals surface area contributed by atoms with Gasteiger partial charge in [0.05, 0.1) is 11.5 Å². The van der Waals surface area contributed by atoms with Crippen LogP contribution < -0.4 is 10.0 Å². The van der Waals surface area contributed by atoms with Crippen molar-refractivity contribution in [1.29, 1.82) is 0 Å². The summed E-state index contributed by atoms with van der Waals surface area (Å²) in [5.41, 5.74) is 1.10. The Kier molecular flexibility index (Phi) is 6.99. The fraction of sp³-hybridized carbons (Fsp3) is 0.533. The van der Waals surface area contributed by atoms with E-state index in [1.165, 1.54) is 19.2 Å². The van der Waals surface area contributed by atoms with Crippen LogP contribution in [0.25, 0.3) is 0 Å². The summed E-state index contributed by atoms with van der Waals surface area (Å²) in [7, 11) is -2.18. The molecule has 0 aliphatic carbocycles. The van der Waals surface area contributed by atoms with Gasteiger partial charge >= 0.3 is 0 Å². The predicted molar refractivity (Wildman–Crippen MR) is 85.5 cm³/mol. The van der Waals surface area contributed by atoms with Crippen LogP contribution in [-0.4, -0.2) is 40.6 Å². The molecule has 1 aromatic carbocycles. The zero-order chi connectivity index (χ0) is 16.8. The van der Waals surface area contributed by atoms with Crippen molar-refractivity contribution in [3.05, 3.63) is 29.3 Å². The van der Waals surface area contributed by atoms with Crippen LogP contribution in [0.15, 0.2) is 23.1 Å². The molecule has 0 radical (unpaired) electrons. The smallest absolute Gasteiger partial charge is 0.251 e. The van der Waals surface area contributed by atoms with Crippen molar-refractivity contribution in [2.75, 3.05) is 20.3 Å². The van der Waals surface area contributed by atoms with Gasteiger partial charge in [0.25, 0.3) is 5.91 Å². The molecule has 1 atom stereocenters. The topological polar surface area (TPSA) is 84.5 Å². The number of methoxy groups -OCH3 is 1. The molecule has 0 aliphatic heterocycles. The largest absolute Gasteiger partial charge is 0.383 e. The molecule has 0 aliphatic rings. The molecule has 0 unspecified atom stereocenters. The molecule has 1 rings (SSSR count). The lowest BCUT2D eigenvalue weighted by atomic mass is 10.1. The van der Waals surface area contributed by atoms with E-state index in [4.69, 9.17) is 4.74 Å². The van der Waals surface area contributed by atoms with Crippen LogP contribution in [0.4, 0.5) is 0 Å². The van der Waals surface area contributed by atoms with Crippen molar-refractivity contribution in [2.24, 2.45) is 0 Å². The molecule has 22 heavy (non-hydrogen) atoms. The molecule has 0 saturated carbocycles. The van der Waals surface area contributed by atoms with Crippen molar-refractivity contribution in [3.8, 4) is 0 Å². The highest BCUT2D eigenvalue weighted by atomic mass is 32.2. The molecule has 124 valence electrons. The van der Waals surface area contributed by atoms with Crippen molar-refractivity contribution in [3.63, 3.8) is 0 Å². The SMILES string of the molecule is CCCNC(=O)c1cc(S(=O)(=O)N[C@H](C)COC)ccc1C. The van der Waals surface area contributed by atoms with Gasteiger partial charge < -0.3 is 10.1 Å². The van der Waals surface area contributed by atoms with Gasteiger partial charge in [0.2, 0.25) is 10.0 Å². The molecule has 0 bridgehead atoms. The number of carbonyl (C=O) groups excluding carboxylic acids is 1. The monoisotopic (exact) mass is 328 g/mol. The lowest BCUT2D eigenvalue weighted by Crippen LogP contribution is -2.35. The van der Waals surface area contributed by atoms with E-state index in [9.17, 15) is 13.2 Å². The third kappa shape index (κ3) is 5.08. The highest BCUT2D eigenvalue weighted by molar-refractivity contribution is 7.89. The Hall–Kier alpha value is -1.44. The van der Waals surface area contributed by atoms with E-state index in [0.29, 0.717) is 12.1 Å². The normalized spacial score (nSPS) is 12.9. The maximum atomic E-state index is 12.3. The van der Waals surface area contributed by atoms with Crippen LogP contribution in [0.5, 0.6) is 0 Å². The van der Waals surface area contributed by atoms with Gasteiger partial charge in [-0.2, -0.15) is 0 Å². The summed E-state index contributed by atoms with van der Waals surface area (Å²) in [5.74, 6) is -0.263. The van der Waals surface area contributed by atoms with E-state index in [2.05, 4.69) is 10.0 Å². The standard InChI is InChI=1S/C15H24N2O4S/c1-5-8-16-15(18)14-9-13(7-6-11(14)2)22(19,20)17-12(3)10-21-4/h6-7,9,12,17H,5,8,10H2,1-4H3,(H,16,18)/t12-/m1/s1. The molecule has 0 saturated heterocycles. The van der Waals surface area contributed by atoms with E-state index in [1.54, 1.807) is 19.9 Å². The summed E-state index contributed by atoms with van der Waals surface area (Å²) in [6.45, 7) is 6.27. The van der Waals surface area contributed by atoms with Crippen LogP contribution in [0, 0.1) is 6.92 Å². The first-order valence-corrected chi connectivity index (χ1v) is 8.70. The average Bonchev–Trinajstić information content (AvgIpc) is 2.44. The van der Waals surface area contributed by atoms with E-state index in [-0.39, 0.29) is 23.5 Å². The van der Waals surface area contributed by atoms with E-state index < -0.39 is 10.0 Å². The molecule has 0 fully saturated rings. The lowest BCUT2D eigenvalue weighted by molar-refractivity contribution is 0.0953. The zero-order valence-electron chi connectivity index (χ0n) is 13.5. The number of carbonyl (C=O) groups is 1. The average molecular weight is 328 g/mol. The number of nitrogens with one attached hydrogen (secondary N) is 2. The van der Waals surface area contributed by atoms with E-state index in [1.807, 2.05) is 6.92 Å². The molecular formula is C15H24N2O4S. The number of benzene rings is 1. The summed E-state index contributed by atoms with van der Waals surface area (Å²) < 4.78 is 32.1. The van der Waals surface area contributed by atoms with E-state index >= 15 is 0 Å². The summed E-state index contributed by atoms with van der Waals surface area (Å²) >= 11 is 0. The van der Waals surface area contributed by atoms with Crippen molar-refractivity contribution < 1.29 is 17.9 Å². The Bertz CT molecular complexity index is 614. The third-order valence-electron chi connectivity index (χ3n) is 3.07. The zero-order valence-corrected chi connectivity index (χ0v) is 14.3. The number of hydrogen-bond acceptors (Lipinski definition) is 4. The van der Waals surface area contributed by atoms with Gasteiger partial charge in [-0.15, -0.1) is 0 Å². The minimum Gasteiger partial charge on any atom is -0.383 e. The van der Waals surface area contributed by atoms with Crippen molar-refractivity contribution in [2.45, 2.75) is 38.1 Å². The van der Waals surface area contributed by atoms with Gasteiger partial charge in [0.1, 0.15) is 0 Å². The number of amides is 1. The summed E-state index contributed by atoms with van der Waals surface area (Å²) in [4.78, 5) is 12.2. The first-order valence-electron chi connectivity index (χ1n) is 7.22. The Balaban J connectivity index is 3.03. The Morgan fingerprint density at radius 3 is 2.64 bits per heavy atom. The molecule has 7 heteroatoms. The number of aryl methyl sites for hydroxylation is 1. The van der Waals surface area contributed by atoms with Crippen LogP contribution in [-0.2, 0) is 14.8 Å². The molecule has 2 N–H and O–H groups in total. The van der Waals surface area contributed by atoms with Crippen molar-refractivity contribution in [1.82, 2.24) is 10.0 Å². The molecule has 0 spiro atoms. The van der Waals surface area contributed by atoms with Crippen LogP contribution >= 0.6 is 0 Å². The quantitative estimate of drug-likeness (QED) is 0.756. The predicted octanol–water partition coefficient (Wildman–Crippen LogP) is 1.45. The van der Waals surface area contributed by atoms with Gasteiger partial charge in [-0.05, 0) is 38.0 Å². The second-order valence-electron chi connectivity index (χ2n) is 5.21. The minimum atomic E-state index is -3.68. The van der Waals surface area contributed by atoms with Crippen molar-refractivity contribution >= 4 is 15.9 Å². The minimum absolute atomic E-state index is 0.0719. The Morgan fingerprint density at radius 1 is 1.36 bits per heavy atom. The number of hydrogen-bond donors (Lipinski definition) is 2. The van der Waals surface area contributed by atoms with Crippen LogP contribution in [0.2, 0.25) is 0 Å². The molecular weight excluding hydrogens is 304 g/mol. The molecule has 0 aromatic heterocycles. The van der Waals surface area contributed by atoms with Crippen LogP contribution in [0.3, 0.4) is 0 Å². The summed E-state index contributed by atoms with van der Waals surface area (Å²) in [6.07, 6.45) is 0.818. The summed E-state index contributed by atoms with van der Waals surface area (Å²) in [5, 5.41) is 2.76. The van der Waals surface area contributed by atoms with Gasteiger partial charge in [-0.25, -0.2) is 13.1 Å². The molecule has 6 nitrogen and oxygen atoms in total. The van der Waals surface area contributed by atoms with E-state index in [0.717, 1.165) is 12.0 Å². The fourth-order valence-corrected chi connectivity index (χ4v) is 3.22. The third-order valence-corrected chi connectivity index (χ3v) is 4.66. The Labute approximate surface area is 132 Å². The van der Waals surface area contributed by atoms with Gasteiger partial charge in [-0.3, -0.25) is 4.79 Å². The second-order valence-corrected chi connectivity index (χ2v) is 6.92. The lowest BCUT2D eigenvalue weighted by Gasteiger charge is -2.14. The molecule has 1 aromatic rings. The molecule has 1 amide bonds. The van der Waals surface area contributed by atoms with Gasteiger partial charge in [-0.1, -0.05) is 13.0 Å². The number of rotatable bonds is 8. The maximum Gasteiger partial charge on any atom is 0.251 e.